The summed E-state index contributed by atoms with van der Waals surface area (Å²) >= 11 is 0. The van der Waals surface area contributed by atoms with Gasteiger partial charge in [-0.1, -0.05) is 200 Å². The number of rotatable bonds is 4. The molecular formula is C64H38N2O. The number of nitrogens with zero attached hydrogens (tertiary/aromatic N) is 2. The summed E-state index contributed by atoms with van der Waals surface area (Å²) in [5.41, 5.74) is 13.6. The fourth-order valence-corrected chi connectivity index (χ4v) is 11.9. The first-order valence-electron chi connectivity index (χ1n) is 23.1. The molecule has 3 aromatic heterocycles. The van der Waals surface area contributed by atoms with Gasteiger partial charge in [-0.25, -0.2) is 0 Å². The Morgan fingerprint density at radius 1 is 0.239 bits per heavy atom. The highest BCUT2D eigenvalue weighted by Crippen LogP contribution is 2.50. The predicted octanol–water partition coefficient (Wildman–Crippen LogP) is 17.7. The Kier molecular flexibility index (Phi) is 7.50. The number of furan rings is 1. The highest BCUT2D eigenvalue weighted by molar-refractivity contribution is 6.28. The molecule has 0 radical (unpaired) electrons. The monoisotopic (exact) mass is 850 g/mol. The lowest BCUT2D eigenvalue weighted by Crippen LogP contribution is -1.99. The molecule has 15 rings (SSSR count). The van der Waals surface area contributed by atoms with Crippen LogP contribution in [0.25, 0.3) is 142 Å². The second kappa shape index (κ2) is 13.8. The fraction of sp³-hybridized carbons (Fsp3) is 0. The maximum absolute atomic E-state index is 7.21. The number of hydrogen-bond donors (Lipinski definition) is 0. The Labute approximate surface area is 384 Å². The van der Waals surface area contributed by atoms with Crippen LogP contribution in [0.3, 0.4) is 0 Å². The molecular weight excluding hydrogens is 813 g/mol. The quantitative estimate of drug-likeness (QED) is 0.162. The highest BCUT2D eigenvalue weighted by atomic mass is 16.3. The second-order valence-electron chi connectivity index (χ2n) is 17.8. The lowest BCUT2D eigenvalue weighted by atomic mass is 9.87. The zero-order valence-electron chi connectivity index (χ0n) is 36.2. The minimum absolute atomic E-state index is 0.870. The van der Waals surface area contributed by atoms with Crippen LogP contribution in [0.4, 0.5) is 0 Å². The molecule has 0 N–H and O–H groups in total. The Morgan fingerprint density at radius 3 is 0.940 bits per heavy atom. The third-order valence-electron chi connectivity index (χ3n) is 14.5. The van der Waals surface area contributed by atoms with Crippen LogP contribution in [0.5, 0.6) is 0 Å². The molecule has 0 saturated carbocycles. The van der Waals surface area contributed by atoms with Gasteiger partial charge in [0.05, 0.1) is 33.4 Å². The van der Waals surface area contributed by atoms with Crippen LogP contribution in [0.2, 0.25) is 0 Å². The topological polar surface area (TPSA) is 23.0 Å². The summed E-state index contributed by atoms with van der Waals surface area (Å²) in [6, 6.07) is 84.3. The van der Waals surface area contributed by atoms with Gasteiger partial charge < -0.3 is 13.6 Å². The van der Waals surface area contributed by atoms with Gasteiger partial charge in [-0.05, 0) is 63.0 Å². The molecule has 0 bridgehead atoms. The SMILES string of the molecule is c1cc(-c2c3ccccc3c(-n3c4ccccc4c4ccccc43)c3ccccc23)c2c(c1)oc1c(-c3c4ccccc4c(-n4c5ccccc5c5ccccc54)c4ccccc34)cccc12. The van der Waals surface area contributed by atoms with Gasteiger partial charge in [-0.15, -0.1) is 0 Å². The van der Waals surface area contributed by atoms with Crippen LogP contribution >= 0.6 is 0 Å². The van der Waals surface area contributed by atoms with Crippen LogP contribution in [0.15, 0.2) is 235 Å². The van der Waals surface area contributed by atoms with Crippen molar-refractivity contribution in [2.75, 3.05) is 0 Å². The number of hydrogen-bond acceptors (Lipinski definition) is 1. The van der Waals surface area contributed by atoms with Crippen molar-refractivity contribution < 1.29 is 4.42 Å². The van der Waals surface area contributed by atoms with E-state index in [1.54, 1.807) is 0 Å². The molecule has 310 valence electrons. The summed E-state index contributed by atoms with van der Waals surface area (Å²) < 4.78 is 12.2. The zero-order valence-corrected chi connectivity index (χ0v) is 36.2. The summed E-state index contributed by atoms with van der Waals surface area (Å²) in [5, 5.41) is 16.8. The van der Waals surface area contributed by atoms with Crippen LogP contribution < -0.4 is 0 Å². The van der Waals surface area contributed by atoms with Crippen LogP contribution in [0, 0.1) is 0 Å². The Hall–Kier alpha value is -8.92. The zero-order chi connectivity index (χ0) is 43.7. The van der Waals surface area contributed by atoms with Crippen LogP contribution in [-0.4, -0.2) is 9.13 Å². The van der Waals surface area contributed by atoms with Crippen LogP contribution in [-0.2, 0) is 0 Å². The number of para-hydroxylation sites is 5. The van der Waals surface area contributed by atoms with E-state index in [9.17, 15) is 0 Å². The molecule has 0 atom stereocenters. The largest absolute Gasteiger partial charge is 0.455 e. The van der Waals surface area contributed by atoms with Crippen molar-refractivity contribution in [1.82, 2.24) is 9.13 Å². The van der Waals surface area contributed by atoms with Gasteiger partial charge in [0.2, 0.25) is 0 Å². The smallest absolute Gasteiger partial charge is 0.143 e. The Bertz CT molecular complexity index is 4360. The maximum Gasteiger partial charge on any atom is 0.143 e. The average Bonchev–Trinajstić information content (AvgIpc) is 4.05. The van der Waals surface area contributed by atoms with E-state index in [-0.39, 0.29) is 0 Å². The first-order chi connectivity index (χ1) is 33.3. The summed E-state index contributed by atoms with van der Waals surface area (Å²) in [6.45, 7) is 0. The molecule has 3 heteroatoms. The molecule has 0 unspecified atom stereocenters. The number of fused-ring (bicyclic) bond motifs is 13. The van der Waals surface area contributed by atoms with Gasteiger partial charge in [-0.2, -0.15) is 0 Å². The molecule has 3 nitrogen and oxygen atoms in total. The van der Waals surface area contributed by atoms with Crippen LogP contribution in [0.1, 0.15) is 0 Å². The molecule has 12 aromatic carbocycles. The molecule has 0 aliphatic carbocycles. The van der Waals surface area contributed by atoms with E-state index in [0.29, 0.717) is 0 Å². The molecule has 0 spiro atoms. The summed E-state index contributed by atoms with van der Waals surface area (Å²) in [5.74, 6) is 0. The fourth-order valence-electron chi connectivity index (χ4n) is 11.9. The lowest BCUT2D eigenvalue weighted by molar-refractivity contribution is 0.670. The van der Waals surface area contributed by atoms with Crippen molar-refractivity contribution in [3.05, 3.63) is 231 Å². The summed E-state index contributed by atoms with van der Waals surface area (Å²) in [6.07, 6.45) is 0. The van der Waals surface area contributed by atoms with Crippen molar-refractivity contribution in [2.45, 2.75) is 0 Å². The van der Waals surface area contributed by atoms with Gasteiger partial charge in [0, 0.05) is 65.0 Å². The lowest BCUT2D eigenvalue weighted by Gasteiger charge is -2.20. The maximum atomic E-state index is 7.21. The summed E-state index contributed by atoms with van der Waals surface area (Å²) in [7, 11) is 0. The first kappa shape index (κ1) is 36.4. The predicted molar refractivity (Wildman–Crippen MR) is 283 cm³/mol. The van der Waals surface area contributed by atoms with Gasteiger partial charge in [-0.3, -0.25) is 0 Å². The van der Waals surface area contributed by atoms with E-state index in [0.717, 1.165) is 33.1 Å². The van der Waals surface area contributed by atoms with Crippen molar-refractivity contribution in [3.63, 3.8) is 0 Å². The average molecular weight is 851 g/mol. The van der Waals surface area contributed by atoms with Crippen molar-refractivity contribution in [3.8, 4) is 33.6 Å². The van der Waals surface area contributed by atoms with E-state index in [2.05, 4.69) is 240 Å². The number of aromatic nitrogens is 2. The molecule has 67 heavy (non-hydrogen) atoms. The van der Waals surface area contributed by atoms with E-state index in [4.69, 9.17) is 4.42 Å². The third kappa shape index (κ3) is 4.95. The molecule has 0 fully saturated rings. The highest BCUT2D eigenvalue weighted by Gasteiger charge is 2.26. The van der Waals surface area contributed by atoms with E-state index in [1.807, 2.05) is 0 Å². The summed E-state index contributed by atoms with van der Waals surface area (Å²) in [4.78, 5) is 0. The van der Waals surface area contributed by atoms with Gasteiger partial charge in [0.1, 0.15) is 11.2 Å². The molecule has 0 aliphatic heterocycles. The van der Waals surface area contributed by atoms with Gasteiger partial charge in [0.25, 0.3) is 0 Å². The van der Waals surface area contributed by atoms with Crippen molar-refractivity contribution >= 4 is 109 Å². The molecule has 15 aromatic rings. The Morgan fingerprint density at radius 2 is 0.537 bits per heavy atom. The van der Waals surface area contributed by atoms with Gasteiger partial charge >= 0.3 is 0 Å². The molecule has 0 amide bonds. The minimum Gasteiger partial charge on any atom is -0.455 e. The molecule has 0 aliphatic rings. The van der Waals surface area contributed by atoms with Crippen molar-refractivity contribution in [2.24, 2.45) is 0 Å². The minimum atomic E-state index is 0.870. The van der Waals surface area contributed by atoms with Crippen molar-refractivity contribution in [1.29, 1.82) is 0 Å². The van der Waals surface area contributed by atoms with Gasteiger partial charge in [0.15, 0.2) is 0 Å². The normalized spacial score (nSPS) is 12.2. The van der Waals surface area contributed by atoms with E-state index >= 15 is 0 Å². The first-order valence-corrected chi connectivity index (χ1v) is 23.1. The third-order valence-corrected chi connectivity index (χ3v) is 14.5. The Balaban J connectivity index is 1.02. The number of benzene rings is 12. The molecule has 0 saturated heterocycles. The molecule has 3 heterocycles. The standard InChI is InChI=1S/C64H38N2O/c1-5-27-47-43(23-1)59(44-24-2-6-28-48(44)62(47)65-54-34-13-9-19-39(54)40-20-10-14-35-55(40)65)51-31-18-38-58-61(51)53-33-17-32-52(64(53)67-58)60-45-25-3-7-29-49(45)63(50-30-8-4-26-46(50)60)66-56-36-15-11-21-41(56)42-22-12-16-37-57(42)66/h1-38H. The second-order valence-corrected chi connectivity index (χ2v) is 17.8. The van der Waals surface area contributed by atoms with E-state index in [1.165, 1.54) is 109 Å². The van der Waals surface area contributed by atoms with E-state index < -0.39 is 0 Å².